The van der Waals surface area contributed by atoms with Gasteiger partial charge in [0.2, 0.25) is 11.8 Å². The highest BCUT2D eigenvalue weighted by atomic mass is 16.5. The predicted molar refractivity (Wildman–Crippen MR) is 173 cm³/mol. The molecule has 0 saturated heterocycles. The van der Waals surface area contributed by atoms with Crippen LogP contribution >= 0.6 is 0 Å². The van der Waals surface area contributed by atoms with Crippen molar-refractivity contribution in [3.8, 4) is 11.8 Å². The molecule has 1 aliphatic heterocycles. The lowest BCUT2D eigenvalue weighted by atomic mass is 10.0. The number of aromatic amines is 1. The number of aromatic nitrogens is 6. The summed E-state index contributed by atoms with van der Waals surface area (Å²) in [6, 6.07) is -0.231. The van der Waals surface area contributed by atoms with Crippen molar-refractivity contribution in [1.82, 2.24) is 34.7 Å². The van der Waals surface area contributed by atoms with E-state index in [2.05, 4.69) is 53.6 Å². The Kier molecular flexibility index (Phi) is 11.8. The van der Waals surface area contributed by atoms with Crippen LogP contribution in [0.4, 0.5) is 0 Å². The van der Waals surface area contributed by atoms with Gasteiger partial charge in [0, 0.05) is 25.7 Å². The predicted octanol–water partition coefficient (Wildman–Crippen LogP) is 5.58. The number of nitrogens with zero attached hydrogens (tertiary/aromatic N) is 6. The number of nitrogens with one attached hydrogen (secondary N) is 1. The zero-order chi connectivity index (χ0) is 31.8. The lowest BCUT2D eigenvalue weighted by molar-refractivity contribution is 0.144. The van der Waals surface area contributed by atoms with Gasteiger partial charge in [-0.15, -0.1) is 5.10 Å². The van der Waals surface area contributed by atoms with Gasteiger partial charge >= 0.3 is 0 Å². The number of rotatable bonds is 6. The maximum absolute atomic E-state index is 10.00. The molecule has 1 aliphatic rings. The number of fused-ring (bicyclic) bond motifs is 3. The number of H-pyrrole nitrogens is 1. The topological polar surface area (TPSA) is 115 Å². The van der Waals surface area contributed by atoms with Crippen LogP contribution in [0.15, 0.2) is 6.58 Å². The average molecular weight is 596 g/mol. The normalized spacial score (nSPS) is 18.2. The summed E-state index contributed by atoms with van der Waals surface area (Å²) in [7, 11) is 5.52. The number of aliphatic hydroxyl groups is 1. The second-order valence-corrected chi connectivity index (χ2v) is 11.0. The third-order valence-corrected chi connectivity index (χ3v) is 6.97. The molecule has 0 fully saturated rings. The molecule has 43 heavy (non-hydrogen) atoms. The van der Waals surface area contributed by atoms with E-state index in [1.165, 1.54) is 6.42 Å². The summed E-state index contributed by atoms with van der Waals surface area (Å²) < 4.78 is 21.6. The van der Waals surface area contributed by atoms with E-state index in [9.17, 15) is 5.11 Å². The Hall–Kier alpha value is -3.83. The molecule has 2 atom stereocenters. The van der Waals surface area contributed by atoms with Crippen molar-refractivity contribution in [3.63, 3.8) is 0 Å². The smallest absolute Gasteiger partial charge is 0.240 e. The van der Waals surface area contributed by atoms with E-state index in [1.54, 1.807) is 11.8 Å². The number of allylic oxidation sites excluding steroid dienone is 1. The van der Waals surface area contributed by atoms with Crippen molar-refractivity contribution in [2.75, 3.05) is 33.9 Å². The summed E-state index contributed by atoms with van der Waals surface area (Å²) in [5, 5.41) is 27.1. The molecule has 0 radical (unpaired) electrons. The fourth-order valence-corrected chi connectivity index (χ4v) is 5.08. The van der Waals surface area contributed by atoms with Crippen LogP contribution in [0.5, 0.6) is 11.8 Å². The number of hydrogen-bond donors (Lipinski definition) is 2. The van der Waals surface area contributed by atoms with Crippen molar-refractivity contribution in [3.05, 3.63) is 46.0 Å². The number of ether oxygens (including phenoxy) is 3. The van der Waals surface area contributed by atoms with Gasteiger partial charge in [0.25, 0.3) is 0 Å². The highest BCUT2D eigenvalue weighted by Crippen LogP contribution is 2.34. The lowest BCUT2D eigenvalue weighted by Crippen LogP contribution is -2.32. The molecule has 0 aliphatic carbocycles. The van der Waals surface area contributed by atoms with Crippen LogP contribution < -0.4 is 9.47 Å². The van der Waals surface area contributed by atoms with E-state index in [-0.39, 0.29) is 18.8 Å². The van der Waals surface area contributed by atoms with Gasteiger partial charge in [-0.1, -0.05) is 26.8 Å². The molecule has 236 valence electrons. The van der Waals surface area contributed by atoms with Crippen LogP contribution in [0.3, 0.4) is 0 Å². The summed E-state index contributed by atoms with van der Waals surface area (Å²) in [5.74, 6) is 1.66. The number of aliphatic hydroxyl groups excluding tert-OH is 1. The molecule has 0 aromatic carbocycles. The molecular weight excluding hydrogens is 546 g/mol. The highest BCUT2D eigenvalue weighted by molar-refractivity contribution is 5.89. The summed E-state index contributed by atoms with van der Waals surface area (Å²) >= 11 is 0. The number of hydrogen-bond acceptors (Lipinski definition) is 8. The minimum atomic E-state index is -0.231. The average Bonchev–Trinajstić information content (AvgIpc) is 3.59. The lowest BCUT2D eigenvalue weighted by Gasteiger charge is -2.24. The van der Waals surface area contributed by atoms with Crippen LogP contribution in [-0.4, -0.2) is 79.8 Å². The Bertz CT molecular complexity index is 1450. The van der Waals surface area contributed by atoms with Crippen LogP contribution in [0.2, 0.25) is 0 Å². The first kappa shape index (κ1) is 33.7. The third-order valence-electron chi connectivity index (χ3n) is 6.97. The van der Waals surface area contributed by atoms with Gasteiger partial charge in [-0.2, -0.15) is 10.2 Å². The first-order chi connectivity index (χ1) is 20.5. The molecule has 0 saturated carbocycles. The van der Waals surface area contributed by atoms with Crippen molar-refractivity contribution >= 4 is 29.6 Å². The zero-order valence-corrected chi connectivity index (χ0v) is 27.5. The Morgan fingerprint density at radius 1 is 1.19 bits per heavy atom. The largest absolute Gasteiger partial charge is 0.495 e. The molecule has 4 rings (SSSR count). The first-order valence-electron chi connectivity index (χ1n) is 14.9. The van der Waals surface area contributed by atoms with E-state index >= 15 is 0 Å². The van der Waals surface area contributed by atoms with Crippen LogP contribution in [0.1, 0.15) is 93.5 Å². The SMILES string of the molecule is C=C(OC)c1n[nH]c2c1/C=C(\C)c1c(C)nn(C)c1OC(C)CN(C)Cc1c(c(OCC)nn1C(C)CO)/C=C/2.CCC. The van der Waals surface area contributed by atoms with Crippen molar-refractivity contribution < 1.29 is 19.3 Å². The van der Waals surface area contributed by atoms with Crippen molar-refractivity contribution in [2.24, 2.45) is 7.05 Å². The van der Waals surface area contributed by atoms with Crippen LogP contribution in [-0.2, 0) is 18.3 Å². The Labute approximate surface area is 255 Å². The number of aryl methyl sites for hydroxylation is 2. The number of methoxy groups -OCH3 is 1. The van der Waals surface area contributed by atoms with Gasteiger partial charge in [0.15, 0.2) is 0 Å². The molecule has 0 bridgehead atoms. The molecule has 11 heteroatoms. The van der Waals surface area contributed by atoms with Gasteiger partial charge in [-0.25, -0.2) is 4.68 Å². The molecular formula is C32H49N7O4. The van der Waals surface area contributed by atoms with Gasteiger partial charge in [0.05, 0.1) is 54.6 Å². The van der Waals surface area contributed by atoms with E-state index in [0.29, 0.717) is 42.9 Å². The van der Waals surface area contributed by atoms with Crippen LogP contribution in [0.25, 0.3) is 29.6 Å². The van der Waals surface area contributed by atoms with Gasteiger partial charge < -0.3 is 19.3 Å². The minimum Gasteiger partial charge on any atom is -0.495 e. The van der Waals surface area contributed by atoms with E-state index in [4.69, 9.17) is 19.3 Å². The Balaban J connectivity index is 0.00000162. The van der Waals surface area contributed by atoms with Crippen LogP contribution in [0, 0.1) is 6.92 Å². The van der Waals surface area contributed by atoms with E-state index in [0.717, 1.165) is 39.3 Å². The zero-order valence-electron chi connectivity index (χ0n) is 27.5. The summed E-state index contributed by atoms with van der Waals surface area (Å²) in [6.07, 6.45) is 7.12. The molecule has 0 amide bonds. The molecule has 3 aromatic rings. The molecule has 3 aromatic heterocycles. The minimum absolute atomic E-state index is 0.0491. The maximum atomic E-state index is 10.00. The summed E-state index contributed by atoms with van der Waals surface area (Å²) in [4.78, 5) is 2.18. The second-order valence-electron chi connectivity index (χ2n) is 11.0. The second kappa shape index (κ2) is 15.1. The fraction of sp³-hybridized carbons (Fsp3) is 0.531. The van der Waals surface area contributed by atoms with Gasteiger partial charge in [-0.05, 0) is 65.5 Å². The summed E-state index contributed by atoms with van der Waals surface area (Å²) in [6.45, 7) is 19.9. The van der Waals surface area contributed by atoms with Gasteiger partial charge in [0.1, 0.15) is 17.6 Å². The first-order valence-corrected chi connectivity index (χ1v) is 14.9. The molecule has 4 heterocycles. The number of likely N-dealkylation sites (N-methyl/N-ethyl adjacent to an activating group) is 1. The fourth-order valence-electron chi connectivity index (χ4n) is 5.08. The molecule has 0 spiro atoms. The maximum Gasteiger partial charge on any atom is 0.240 e. The quantitative estimate of drug-likeness (QED) is 0.355. The Morgan fingerprint density at radius 2 is 1.88 bits per heavy atom. The van der Waals surface area contributed by atoms with Crippen molar-refractivity contribution in [1.29, 1.82) is 0 Å². The molecule has 2 unspecified atom stereocenters. The standard InChI is InChI=1S/C29H41N7O4.C3H8/c1-10-39-28-22-11-12-24-23(27(31-30-24)21(6)38-9)13-17(2)26-20(5)32-35(8)29(26)40-19(4)14-34(7)15-25(22)36(33-28)18(3)16-37;1-3-2/h11-13,18-19,37H,6,10,14-16H2,1-5,7-9H3,(H,30,31);3H2,1-2H3/b12-11+,17-13+;. The Morgan fingerprint density at radius 3 is 2.51 bits per heavy atom. The van der Waals surface area contributed by atoms with E-state index in [1.807, 2.05) is 58.6 Å². The summed E-state index contributed by atoms with van der Waals surface area (Å²) in [5.41, 5.74) is 6.75. The third kappa shape index (κ3) is 7.58. The van der Waals surface area contributed by atoms with Gasteiger partial charge in [-0.3, -0.25) is 14.7 Å². The molecule has 11 nitrogen and oxygen atoms in total. The monoisotopic (exact) mass is 595 g/mol. The van der Waals surface area contributed by atoms with E-state index < -0.39 is 0 Å². The van der Waals surface area contributed by atoms with Crippen molar-refractivity contribution in [2.45, 2.75) is 73.6 Å². The molecule has 2 N–H and O–H groups in total. The highest BCUT2D eigenvalue weighted by Gasteiger charge is 2.25.